The molecule has 0 radical (unpaired) electrons. The van der Waals surface area contributed by atoms with E-state index in [0.29, 0.717) is 0 Å². The molecule has 0 aliphatic rings. The van der Waals surface area contributed by atoms with Crippen molar-refractivity contribution in [1.29, 1.82) is 0 Å². The highest BCUT2D eigenvalue weighted by molar-refractivity contribution is 7.82. The summed E-state index contributed by atoms with van der Waals surface area (Å²) in [6.45, 7) is 7.07. The van der Waals surface area contributed by atoms with Crippen molar-refractivity contribution in [2.24, 2.45) is 0 Å². The van der Waals surface area contributed by atoms with E-state index in [2.05, 4.69) is 50.8 Å². The Hall–Kier alpha value is -0.350. The van der Waals surface area contributed by atoms with Crippen molar-refractivity contribution in [3.05, 3.63) is 30.3 Å². The molecule has 0 bridgehead atoms. The summed E-state index contributed by atoms with van der Waals surface area (Å²) < 4.78 is 0. The maximum Gasteiger partial charge on any atom is 0.0936 e. The topological polar surface area (TPSA) is 0 Å². The zero-order chi connectivity index (χ0) is 9.03. The lowest BCUT2D eigenvalue weighted by Gasteiger charge is -2.19. The van der Waals surface area contributed by atoms with Gasteiger partial charge in [0.15, 0.2) is 0 Å². The second-order valence-electron chi connectivity index (χ2n) is 3.36. The van der Waals surface area contributed by atoms with Crippen molar-refractivity contribution in [1.82, 2.24) is 0 Å². The molecule has 0 saturated heterocycles. The minimum absolute atomic E-state index is 0.784. The summed E-state index contributed by atoms with van der Waals surface area (Å²) >= 11 is 0. The van der Waals surface area contributed by atoms with Crippen LogP contribution in [0.25, 0.3) is 0 Å². The summed E-state index contributed by atoms with van der Waals surface area (Å²) in [5.41, 5.74) is 0. The Morgan fingerprint density at radius 1 is 1.00 bits per heavy atom. The molecule has 0 unspecified atom stereocenters. The Balaban J connectivity index is 2.95. The highest BCUT2D eigenvalue weighted by atomic mass is 31.2. The van der Waals surface area contributed by atoms with Gasteiger partial charge in [-0.3, -0.25) is 0 Å². The fraction of sp³-hybridized carbons (Fsp3) is 0.455. The van der Waals surface area contributed by atoms with Crippen LogP contribution in [-0.2, 0) is 0 Å². The first-order valence-corrected chi connectivity index (χ1v) is 7.23. The molecule has 0 aromatic heterocycles. The summed E-state index contributed by atoms with van der Waals surface area (Å²) in [5.74, 6) is 0. The molecule has 0 aliphatic heterocycles. The first-order chi connectivity index (χ1) is 5.73. The molecule has 66 valence electrons. The van der Waals surface area contributed by atoms with Gasteiger partial charge in [-0.25, -0.2) is 0 Å². The molecule has 0 heterocycles. The molecule has 12 heavy (non-hydrogen) atoms. The fourth-order valence-electron chi connectivity index (χ4n) is 1.38. The lowest BCUT2D eigenvalue weighted by molar-refractivity contribution is 1.39. The predicted molar refractivity (Wildman–Crippen MR) is 60.0 cm³/mol. The molecular weight excluding hydrogens is 163 g/mol. The molecule has 0 aliphatic carbocycles. The second kappa shape index (κ2) is 4.05. The van der Waals surface area contributed by atoms with Crippen LogP contribution < -0.4 is 5.30 Å². The van der Waals surface area contributed by atoms with Crippen molar-refractivity contribution in [3.63, 3.8) is 0 Å². The third-order valence-corrected chi connectivity index (χ3v) is 7.11. The van der Waals surface area contributed by atoms with Gasteiger partial charge in [0, 0.05) is 7.26 Å². The van der Waals surface area contributed by atoms with Crippen molar-refractivity contribution in [3.8, 4) is 0 Å². The number of hydrogen-bond donors (Lipinski definition) is 0. The van der Waals surface area contributed by atoms with Crippen LogP contribution >= 0.6 is 7.26 Å². The van der Waals surface area contributed by atoms with Gasteiger partial charge in [0.2, 0.25) is 0 Å². The Morgan fingerprint density at radius 3 is 1.92 bits per heavy atom. The molecule has 0 amide bonds. The second-order valence-corrected chi connectivity index (χ2v) is 7.94. The Bertz CT molecular complexity index is 224. The predicted octanol–water partition coefficient (Wildman–Crippen LogP) is 3.00. The number of benzene rings is 1. The summed E-state index contributed by atoms with van der Waals surface area (Å²) in [7, 11) is -0.784. The Kier molecular flexibility index (Phi) is 3.29. The molecule has 0 fully saturated rings. The van der Waals surface area contributed by atoms with Crippen LogP contribution in [0, 0.1) is 0 Å². The SMILES string of the molecule is CC[P+](C)(CC)c1ccccc1. The first kappa shape index (κ1) is 9.74. The zero-order valence-electron chi connectivity index (χ0n) is 8.25. The third-order valence-electron chi connectivity index (χ3n) is 2.78. The van der Waals surface area contributed by atoms with Gasteiger partial charge in [-0.05, 0) is 26.0 Å². The average molecular weight is 181 g/mol. The first-order valence-electron chi connectivity index (χ1n) is 4.63. The quantitative estimate of drug-likeness (QED) is 0.629. The van der Waals surface area contributed by atoms with E-state index >= 15 is 0 Å². The van der Waals surface area contributed by atoms with E-state index in [4.69, 9.17) is 0 Å². The molecule has 1 rings (SSSR count). The van der Waals surface area contributed by atoms with Gasteiger partial charge in [0.05, 0.1) is 24.3 Å². The van der Waals surface area contributed by atoms with Crippen molar-refractivity contribution < 1.29 is 0 Å². The lowest BCUT2D eigenvalue weighted by atomic mass is 10.4. The molecule has 1 aromatic carbocycles. The molecule has 0 atom stereocenters. The summed E-state index contributed by atoms with van der Waals surface area (Å²) in [6.07, 6.45) is 2.65. The van der Waals surface area contributed by atoms with Gasteiger partial charge in [-0.2, -0.15) is 0 Å². The molecule has 0 spiro atoms. The zero-order valence-corrected chi connectivity index (χ0v) is 9.14. The maximum atomic E-state index is 2.45. The molecule has 1 aromatic rings. The van der Waals surface area contributed by atoms with E-state index in [9.17, 15) is 0 Å². The van der Waals surface area contributed by atoms with Gasteiger partial charge in [0.25, 0.3) is 0 Å². The fourth-order valence-corrected chi connectivity index (χ4v) is 3.45. The molecular formula is C11H18P+. The van der Waals surface area contributed by atoms with Crippen molar-refractivity contribution in [2.75, 3.05) is 19.0 Å². The van der Waals surface area contributed by atoms with Crippen molar-refractivity contribution >= 4 is 12.6 Å². The minimum atomic E-state index is -0.784. The Morgan fingerprint density at radius 2 is 1.50 bits per heavy atom. The monoisotopic (exact) mass is 181 g/mol. The maximum absolute atomic E-state index is 2.45. The van der Waals surface area contributed by atoms with Crippen LogP contribution in [0.1, 0.15) is 13.8 Å². The van der Waals surface area contributed by atoms with Crippen LogP contribution in [0.4, 0.5) is 0 Å². The van der Waals surface area contributed by atoms with E-state index in [0.717, 1.165) is 0 Å². The highest BCUT2D eigenvalue weighted by Gasteiger charge is 2.29. The summed E-state index contributed by atoms with van der Waals surface area (Å²) in [6, 6.07) is 11.0. The third kappa shape index (κ3) is 1.87. The number of rotatable bonds is 3. The molecule has 0 N–H and O–H groups in total. The van der Waals surface area contributed by atoms with E-state index in [1.807, 2.05) is 0 Å². The van der Waals surface area contributed by atoms with E-state index < -0.39 is 7.26 Å². The van der Waals surface area contributed by atoms with Crippen LogP contribution in [0.15, 0.2) is 30.3 Å². The lowest BCUT2D eigenvalue weighted by Crippen LogP contribution is -2.13. The van der Waals surface area contributed by atoms with Gasteiger partial charge >= 0.3 is 0 Å². The van der Waals surface area contributed by atoms with E-state index in [1.165, 1.54) is 12.3 Å². The van der Waals surface area contributed by atoms with E-state index in [1.54, 1.807) is 5.30 Å². The van der Waals surface area contributed by atoms with Gasteiger partial charge in [-0.1, -0.05) is 18.2 Å². The highest BCUT2D eigenvalue weighted by Crippen LogP contribution is 2.52. The Labute approximate surface area is 76.3 Å². The largest absolute Gasteiger partial charge is 0.0936 e. The molecule has 0 saturated carbocycles. The molecule has 0 nitrogen and oxygen atoms in total. The summed E-state index contributed by atoms with van der Waals surface area (Å²) in [4.78, 5) is 0. The molecule has 1 heteroatoms. The van der Waals surface area contributed by atoms with Crippen molar-refractivity contribution in [2.45, 2.75) is 13.8 Å². The average Bonchev–Trinajstić information content (AvgIpc) is 2.18. The van der Waals surface area contributed by atoms with Gasteiger partial charge in [-0.15, -0.1) is 0 Å². The van der Waals surface area contributed by atoms with Crippen LogP contribution in [0.2, 0.25) is 0 Å². The van der Waals surface area contributed by atoms with Crippen LogP contribution in [0.3, 0.4) is 0 Å². The summed E-state index contributed by atoms with van der Waals surface area (Å²) in [5, 5.41) is 1.58. The smallest absolute Gasteiger partial charge is 0.0620 e. The standard InChI is InChI=1S/C11H18P/c1-4-12(3,5-2)11-9-7-6-8-10-11/h6-10H,4-5H2,1-3H3/q+1. The van der Waals surface area contributed by atoms with Crippen LogP contribution in [-0.4, -0.2) is 19.0 Å². The van der Waals surface area contributed by atoms with Gasteiger partial charge in [0.1, 0.15) is 0 Å². The number of hydrogen-bond acceptors (Lipinski definition) is 0. The minimum Gasteiger partial charge on any atom is -0.0620 e. The van der Waals surface area contributed by atoms with Gasteiger partial charge < -0.3 is 0 Å². The van der Waals surface area contributed by atoms with Crippen LogP contribution in [0.5, 0.6) is 0 Å². The van der Waals surface area contributed by atoms with E-state index in [-0.39, 0.29) is 0 Å². The normalized spacial score (nSPS) is 11.6.